The molecule has 22 heavy (non-hydrogen) atoms. The molecule has 0 aromatic carbocycles. The Bertz CT molecular complexity index is 323. The number of amides is 1. The average molecular weight is 354 g/mol. The highest BCUT2D eigenvalue weighted by molar-refractivity contribution is 5.85. The third-order valence-corrected chi connectivity index (χ3v) is 5.19. The molecule has 132 valence electrons. The van der Waals surface area contributed by atoms with Crippen LogP contribution in [-0.2, 0) is 4.79 Å². The molecule has 0 aromatic rings. The van der Waals surface area contributed by atoms with Gasteiger partial charge in [0.15, 0.2) is 0 Å². The van der Waals surface area contributed by atoms with Crippen LogP contribution in [0.3, 0.4) is 0 Å². The Kier molecular flexibility index (Phi) is 10.7. The predicted octanol–water partition coefficient (Wildman–Crippen LogP) is 2.68. The van der Waals surface area contributed by atoms with E-state index < -0.39 is 0 Å². The molecule has 0 aromatic heterocycles. The van der Waals surface area contributed by atoms with E-state index in [0.29, 0.717) is 24.3 Å². The summed E-state index contributed by atoms with van der Waals surface area (Å²) in [5.41, 5.74) is 6.08. The van der Waals surface area contributed by atoms with Gasteiger partial charge in [-0.05, 0) is 44.6 Å². The topological polar surface area (TPSA) is 49.6 Å². The van der Waals surface area contributed by atoms with Crippen LogP contribution < -0.4 is 5.73 Å². The average Bonchev–Trinajstić information content (AvgIpc) is 2.85. The minimum absolute atomic E-state index is 0. The van der Waals surface area contributed by atoms with Gasteiger partial charge in [-0.1, -0.05) is 13.3 Å². The number of nitrogens with two attached hydrogens (primary N) is 1. The zero-order valence-corrected chi connectivity index (χ0v) is 15.6. The van der Waals surface area contributed by atoms with Crippen LogP contribution in [0.1, 0.15) is 51.9 Å². The molecule has 2 rings (SSSR count). The first-order chi connectivity index (χ1) is 9.61. The molecule has 1 saturated carbocycles. The molecule has 2 atom stereocenters. The number of hydrogen-bond donors (Lipinski definition) is 1. The second-order valence-electron chi connectivity index (χ2n) is 6.64. The van der Waals surface area contributed by atoms with Crippen molar-refractivity contribution < 1.29 is 4.79 Å². The minimum Gasteiger partial charge on any atom is -0.343 e. The Hall–Kier alpha value is -0.0300. The summed E-state index contributed by atoms with van der Waals surface area (Å²) in [4.78, 5) is 16.9. The van der Waals surface area contributed by atoms with E-state index in [0.717, 1.165) is 38.8 Å². The summed E-state index contributed by atoms with van der Waals surface area (Å²) < 4.78 is 0. The lowest BCUT2D eigenvalue weighted by Gasteiger charge is -2.37. The molecule has 1 aliphatic heterocycles. The molecule has 0 bridgehead atoms. The van der Waals surface area contributed by atoms with E-state index in [1.54, 1.807) is 0 Å². The minimum atomic E-state index is 0. The maximum atomic E-state index is 12.4. The van der Waals surface area contributed by atoms with Gasteiger partial charge in [0.25, 0.3) is 0 Å². The number of carbonyl (C=O) groups is 1. The first-order valence-corrected chi connectivity index (χ1v) is 8.35. The monoisotopic (exact) mass is 353 g/mol. The van der Waals surface area contributed by atoms with Crippen molar-refractivity contribution in [1.82, 2.24) is 9.80 Å². The molecule has 0 radical (unpaired) electrons. The number of halogens is 2. The summed E-state index contributed by atoms with van der Waals surface area (Å²) in [6.45, 7) is 5.70. The van der Waals surface area contributed by atoms with E-state index in [-0.39, 0.29) is 30.9 Å². The molecule has 2 aliphatic rings. The Morgan fingerprint density at radius 1 is 1.18 bits per heavy atom. The molecule has 4 nitrogen and oxygen atoms in total. The zero-order valence-electron chi connectivity index (χ0n) is 14.0. The van der Waals surface area contributed by atoms with Gasteiger partial charge < -0.3 is 15.5 Å². The highest BCUT2D eigenvalue weighted by atomic mass is 35.5. The summed E-state index contributed by atoms with van der Waals surface area (Å²) in [6, 6.07) is 0.687. The largest absolute Gasteiger partial charge is 0.343 e. The summed E-state index contributed by atoms with van der Waals surface area (Å²) in [5, 5.41) is 0. The summed E-state index contributed by atoms with van der Waals surface area (Å²) in [5.74, 6) is 0.728. The van der Waals surface area contributed by atoms with E-state index in [2.05, 4.69) is 11.8 Å². The lowest BCUT2D eigenvalue weighted by molar-refractivity contribution is -0.133. The molecule has 0 unspecified atom stereocenters. The lowest BCUT2D eigenvalue weighted by atomic mass is 9.97. The highest BCUT2D eigenvalue weighted by Gasteiger charge is 2.30. The number of likely N-dealkylation sites (tertiary alicyclic amines) is 1. The molecule has 0 spiro atoms. The third kappa shape index (κ3) is 5.88. The highest BCUT2D eigenvalue weighted by Crippen LogP contribution is 2.28. The normalized spacial score (nSPS) is 26.1. The number of nitrogens with zero attached hydrogens (tertiary/aromatic N) is 2. The van der Waals surface area contributed by atoms with Crippen LogP contribution in [0.5, 0.6) is 0 Å². The fourth-order valence-electron chi connectivity index (χ4n) is 3.74. The zero-order chi connectivity index (χ0) is 14.5. The molecule has 1 aliphatic carbocycles. The standard InChI is InChI=1S/C16H31N3O.2ClH/c1-3-9-19-10-7-14(8-11-19)18(2)16(20)12-13-5-4-6-15(13)17;;/h13-15H,3-12,17H2,1-2H3;2*1H/t13-,15+;;/m0../s1. The van der Waals surface area contributed by atoms with Crippen LogP contribution in [0.2, 0.25) is 0 Å². The maximum Gasteiger partial charge on any atom is 0.222 e. The summed E-state index contributed by atoms with van der Waals surface area (Å²) >= 11 is 0. The SMILES string of the molecule is CCCN1CCC(N(C)C(=O)C[C@@H]2CCC[C@H]2N)CC1.Cl.Cl. The van der Waals surface area contributed by atoms with Gasteiger partial charge in [0, 0.05) is 38.6 Å². The van der Waals surface area contributed by atoms with Crippen molar-refractivity contribution in [2.75, 3.05) is 26.7 Å². The van der Waals surface area contributed by atoms with Crippen LogP contribution in [0.25, 0.3) is 0 Å². The number of hydrogen-bond acceptors (Lipinski definition) is 3. The van der Waals surface area contributed by atoms with E-state index in [4.69, 9.17) is 5.73 Å². The molecule has 2 fully saturated rings. The first kappa shape index (κ1) is 22.0. The lowest BCUT2D eigenvalue weighted by Crippen LogP contribution is -2.46. The molecular weight excluding hydrogens is 321 g/mol. The second kappa shape index (κ2) is 10.7. The van der Waals surface area contributed by atoms with Crippen LogP contribution >= 0.6 is 24.8 Å². The van der Waals surface area contributed by atoms with Gasteiger partial charge in [-0.15, -0.1) is 24.8 Å². The van der Waals surface area contributed by atoms with E-state index >= 15 is 0 Å². The smallest absolute Gasteiger partial charge is 0.222 e. The summed E-state index contributed by atoms with van der Waals surface area (Å²) in [7, 11) is 1.99. The molecule has 1 heterocycles. The van der Waals surface area contributed by atoms with Crippen molar-refractivity contribution in [3.8, 4) is 0 Å². The van der Waals surface area contributed by atoms with Gasteiger partial charge in [-0.3, -0.25) is 4.79 Å². The van der Waals surface area contributed by atoms with Gasteiger partial charge in [0.1, 0.15) is 0 Å². The van der Waals surface area contributed by atoms with Crippen molar-refractivity contribution in [2.24, 2.45) is 11.7 Å². The van der Waals surface area contributed by atoms with E-state index in [9.17, 15) is 4.79 Å². The molecular formula is C16H33Cl2N3O. The Morgan fingerprint density at radius 2 is 1.82 bits per heavy atom. The fourth-order valence-corrected chi connectivity index (χ4v) is 3.74. The van der Waals surface area contributed by atoms with Crippen LogP contribution in [0, 0.1) is 5.92 Å². The van der Waals surface area contributed by atoms with Crippen molar-refractivity contribution in [1.29, 1.82) is 0 Å². The number of rotatable bonds is 5. The predicted molar refractivity (Wildman–Crippen MR) is 97.0 cm³/mol. The van der Waals surface area contributed by atoms with E-state index in [1.165, 1.54) is 19.4 Å². The number of carbonyl (C=O) groups excluding carboxylic acids is 1. The van der Waals surface area contributed by atoms with Gasteiger partial charge in [0.05, 0.1) is 0 Å². The van der Waals surface area contributed by atoms with Gasteiger partial charge in [-0.25, -0.2) is 0 Å². The van der Waals surface area contributed by atoms with Gasteiger partial charge in [-0.2, -0.15) is 0 Å². The molecule has 1 amide bonds. The van der Waals surface area contributed by atoms with Crippen molar-refractivity contribution in [2.45, 2.75) is 64.0 Å². The van der Waals surface area contributed by atoms with Crippen molar-refractivity contribution in [3.05, 3.63) is 0 Å². The third-order valence-electron chi connectivity index (χ3n) is 5.19. The Balaban J connectivity index is 0.00000220. The van der Waals surface area contributed by atoms with E-state index in [1.807, 2.05) is 11.9 Å². The fraction of sp³-hybridized carbons (Fsp3) is 0.938. The van der Waals surface area contributed by atoms with Crippen molar-refractivity contribution >= 4 is 30.7 Å². The Morgan fingerprint density at radius 3 is 2.32 bits per heavy atom. The second-order valence-corrected chi connectivity index (χ2v) is 6.64. The summed E-state index contributed by atoms with van der Waals surface area (Å²) in [6.07, 6.45) is 7.55. The van der Waals surface area contributed by atoms with Crippen molar-refractivity contribution in [3.63, 3.8) is 0 Å². The maximum absolute atomic E-state index is 12.4. The number of piperidine rings is 1. The van der Waals surface area contributed by atoms with Crippen LogP contribution in [0.15, 0.2) is 0 Å². The molecule has 6 heteroatoms. The quantitative estimate of drug-likeness (QED) is 0.826. The van der Waals surface area contributed by atoms with Gasteiger partial charge >= 0.3 is 0 Å². The molecule has 1 saturated heterocycles. The van der Waals surface area contributed by atoms with Crippen LogP contribution in [-0.4, -0.2) is 54.5 Å². The first-order valence-electron chi connectivity index (χ1n) is 8.35. The molecule has 2 N–H and O–H groups in total. The van der Waals surface area contributed by atoms with Gasteiger partial charge in [0.2, 0.25) is 5.91 Å². The van der Waals surface area contributed by atoms with Crippen LogP contribution in [0.4, 0.5) is 0 Å². The Labute approximate surface area is 148 Å².